The van der Waals surface area contributed by atoms with Crippen LogP contribution in [0.4, 0.5) is 11.4 Å². The maximum atomic E-state index is 12.8. The summed E-state index contributed by atoms with van der Waals surface area (Å²) in [6, 6.07) is 26.4. The number of carbonyl (C=O) groups excluding carboxylic acids is 2. The van der Waals surface area contributed by atoms with E-state index in [-0.39, 0.29) is 5.78 Å². The predicted molar refractivity (Wildman–Crippen MR) is 114 cm³/mol. The SMILES string of the molecule is CCN(C=O)c1ccccc1N/C(=C\C(=O)c1ccccc1)c1ccccc1. The number of carbonyl (C=O) groups is 2. The third kappa shape index (κ3) is 4.54. The highest BCUT2D eigenvalue weighted by Gasteiger charge is 2.12. The summed E-state index contributed by atoms with van der Waals surface area (Å²) in [5, 5.41) is 3.35. The third-order valence-corrected chi connectivity index (χ3v) is 4.37. The number of benzene rings is 3. The van der Waals surface area contributed by atoms with Gasteiger partial charge in [0.2, 0.25) is 6.41 Å². The van der Waals surface area contributed by atoms with E-state index in [0.29, 0.717) is 17.8 Å². The van der Waals surface area contributed by atoms with Gasteiger partial charge in [-0.05, 0) is 24.6 Å². The number of amides is 1. The molecule has 28 heavy (non-hydrogen) atoms. The molecule has 0 saturated heterocycles. The van der Waals surface area contributed by atoms with Crippen molar-refractivity contribution in [3.63, 3.8) is 0 Å². The van der Waals surface area contributed by atoms with Gasteiger partial charge in [-0.3, -0.25) is 9.59 Å². The molecule has 0 aromatic heterocycles. The molecule has 0 atom stereocenters. The summed E-state index contributed by atoms with van der Waals surface area (Å²) in [5.41, 5.74) is 3.69. The fraction of sp³-hybridized carbons (Fsp3) is 0.0833. The van der Waals surface area contributed by atoms with Crippen LogP contribution < -0.4 is 10.2 Å². The molecule has 1 N–H and O–H groups in total. The molecular weight excluding hydrogens is 348 g/mol. The number of para-hydroxylation sites is 2. The van der Waals surface area contributed by atoms with Crippen LogP contribution in [0.25, 0.3) is 5.70 Å². The molecule has 0 aliphatic rings. The van der Waals surface area contributed by atoms with E-state index in [1.54, 1.807) is 23.1 Å². The molecule has 3 rings (SSSR count). The minimum absolute atomic E-state index is 0.0906. The van der Waals surface area contributed by atoms with Gasteiger partial charge >= 0.3 is 0 Å². The van der Waals surface area contributed by atoms with Crippen LogP contribution in [0.5, 0.6) is 0 Å². The minimum atomic E-state index is -0.0906. The van der Waals surface area contributed by atoms with E-state index in [0.717, 1.165) is 23.3 Å². The van der Waals surface area contributed by atoms with E-state index in [1.165, 1.54) is 0 Å². The number of hydrogen-bond donors (Lipinski definition) is 1. The first kappa shape index (κ1) is 19.1. The molecule has 0 fully saturated rings. The van der Waals surface area contributed by atoms with Gasteiger partial charge < -0.3 is 10.2 Å². The van der Waals surface area contributed by atoms with E-state index in [4.69, 9.17) is 0 Å². The Morgan fingerprint density at radius 3 is 2.04 bits per heavy atom. The number of hydrogen-bond acceptors (Lipinski definition) is 3. The highest BCUT2D eigenvalue weighted by molar-refractivity contribution is 6.09. The second kappa shape index (κ2) is 9.33. The zero-order valence-corrected chi connectivity index (χ0v) is 15.7. The van der Waals surface area contributed by atoms with E-state index >= 15 is 0 Å². The third-order valence-electron chi connectivity index (χ3n) is 4.37. The lowest BCUT2D eigenvalue weighted by Crippen LogP contribution is -2.21. The Hall–Kier alpha value is -3.66. The van der Waals surface area contributed by atoms with E-state index in [9.17, 15) is 9.59 Å². The van der Waals surface area contributed by atoms with Gasteiger partial charge in [-0.2, -0.15) is 0 Å². The van der Waals surface area contributed by atoms with Gasteiger partial charge in [0.15, 0.2) is 5.78 Å². The second-order valence-corrected chi connectivity index (χ2v) is 6.19. The fourth-order valence-corrected chi connectivity index (χ4v) is 2.90. The Kier molecular flexibility index (Phi) is 6.37. The topological polar surface area (TPSA) is 49.4 Å². The Morgan fingerprint density at radius 2 is 1.43 bits per heavy atom. The van der Waals surface area contributed by atoms with Crippen LogP contribution in [-0.2, 0) is 4.79 Å². The first-order valence-corrected chi connectivity index (χ1v) is 9.17. The van der Waals surface area contributed by atoms with Crippen LogP contribution in [0.3, 0.4) is 0 Å². The Labute approximate surface area is 165 Å². The molecule has 4 nitrogen and oxygen atoms in total. The summed E-state index contributed by atoms with van der Waals surface area (Å²) in [6.07, 6.45) is 2.40. The smallest absolute Gasteiger partial charge is 0.214 e. The number of ketones is 1. The lowest BCUT2D eigenvalue weighted by molar-refractivity contribution is -0.107. The largest absolute Gasteiger partial charge is 0.353 e. The zero-order chi connectivity index (χ0) is 19.8. The molecule has 3 aromatic carbocycles. The molecule has 0 saturated carbocycles. The molecule has 0 unspecified atom stereocenters. The van der Waals surface area contributed by atoms with Crippen molar-refractivity contribution in [3.8, 4) is 0 Å². The van der Waals surface area contributed by atoms with Crippen LogP contribution in [0.15, 0.2) is 91.0 Å². The summed E-state index contributed by atoms with van der Waals surface area (Å²) in [4.78, 5) is 25.8. The lowest BCUT2D eigenvalue weighted by Gasteiger charge is -2.21. The Bertz CT molecular complexity index is 966. The van der Waals surface area contributed by atoms with Crippen LogP contribution in [-0.4, -0.2) is 18.7 Å². The Balaban J connectivity index is 2.01. The summed E-state index contributed by atoms with van der Waals surface area (Å²) in [7, 11) is 0. The van der Waals surface area contributed by atoms with Crippen LogP contribution >= 0.6 is 0 Å². The average Bonchev–Trinajstić information content (AvgIpc) is 2.76. The van der Waals surface area contributed by atoms with Crippen molar-refractivity contribution < 1.29 is 9.59 Å². The van der Waals surface area contributed by atoms with Gasteiger partial charge in [0.25, 0.3) is 0 Å². The maximum Gasteiger partial charge on any atom is 0.214 e. The second-order valence-electron chi connectivity index (χ2n) is 6.19. The first-order chi connectivity index (χ1) is 13.7. The summed E-state index contributed by atoms with van der Waals surface area (Å²) in [6.45, 7) is 2.47. The van der Waals surface area contributed by atoms with Crippen molar-refractivity contribution in [1.82, 2.24) is 0 Å². The molecule has 140 valence electrons. The molecule has 0 spiro atoms. The van der Waals surface area contributed by atoms with Crippen molar-refractivity contribution in [2.75, 3.05) is 16.8 Å². The van der Waals surface area contributed by atoms with Gasteiger partial charge in [0.1, 0.15) is 0 Å². The van der Waals surface area contributed by atoms with Gasteiger partial charge in [0, 0.05) is 23.9 Å². The average molecular weight is 370 g/mol. The normalized spacial score (nSPS) is 11.0. The number of nitrogens with one attached hydrogen (secondary N) is 1. The van der Waals surface area contributed by atoms with Crippen molar-refractivity contribution in [3.05, 3.63) is 102 Å². The maximum absolute atomic E-state index is 12.8. The molecule has 0 radical (unpaired) electrons. The van der Waals surface area contributed by atoms with Crippen molar-refractivity contribution in [2.24, 2.45) is 0 Å². The van der Waals surface area contributed by atoms with E-state index < -0.39 is 0 Å². The molecule has 0 bridgehead atoms. The van der Waals surface area contributed by atoms with Gasteiger partial charge in [-0.1, -0.05) is 72.8 Å². The molecule has 0 aliphatic heterocycles. The van der Waals surface area contributed by atoms with Gasteiger partial charge in [-0.25, -0.2) is 0 Å². The number of rotatable bonds is 8. The van der Waals surface area contributed by atoms with Crippen LogP contribution in [0.1, 0.15) is 22.8 Å². The molecule has 1 amide bonds. The number of allylic oxidation sites excluding steroid dienone is 1. The Morgan fingerprint density at radius 1 is 0.857 bits per heavy atom. The number of nitrogens with zero attached hydrogens (tertiary/aromatic N) is 1. The zero-order valence-electron chi connectivity index (χ0n) is 15.7. The lowest BCUT2D eigenvalue weighted by atomic mass is 10.1. The molecule has 0 heterocycles. The first-order valence-electron chi connectivity index (χ1n) is 9.17. The van der Waals surface area contributed by atoms with Gasteiger partial charge in [-0.15, -0.1) is 0 Å². The highest BCUT2D eigenvalue weighted by Crippen LogP contribution is 2.28. The molecule has 3 aromatic rings. The predicted octanol–water partition coefficient (Wildman–Crippen LogP) is 5.01. The quantitative estimate of drug-likeness (QED) is 0.345. The van der Waals surface area contributed by atoms with Gasteiger partial charge in [0.05, 0.1) is 11.4 Å². The van der Waals surface area contributed by atoms with E-state index in [2.05, 4.69) is 5.32 Å². The number of anilines is 2. The standard InChI is InChI=1S/C24H22N2O2/c1-2-26(18-27)23-16-10-9-15-21(23)25-22(19-11-5-3-6-12-19)17-24(28)20-13-7-4-8-14-20/h3-18,25H,2H2,1H3/b22-17-. The summed E-state index contributed by atoms with van der Waals surface area (Å²) in [5.74, 6) is -0.0906. The fourth-order valence-electron chi connectivity index (χ4n) is 2.90. The van der Waals surface area contributed by atoms with Crippen molar-refractivity contribution in [1.29, 1.82) is 0 Å². The summed E-state index contributed by atoms with van der Waals surface area (Å²) < 4.78 is 0. The van der Waals surface area contributed by atoms with Crippen molar-refractivity contribution in [2.45, 2.75) is 6.92 Å². The monoisotopic (exact) mass is 370 g/mol. The van der Waals surface area contributed by atoms with Crippen molar-refractivity contribution >= 4 is 29.3 Å². The van der Waals surface area contributed by atoms with E-state index in [1.807, 2.05) is 79.7 Å². The minimum Gasteiger partial charge on any atom is -0.353 e. The highest BCUT2D eigenvalue weighted by atomic mass is 16.1. The summed E-state index contributed by atoms with van der Waals surface area (Å²) >= 11 is 0. The van der Waals surface area contributed by atoms with Crippen LogP contribution in [0, 0.1) is 0 Å². The molecule has 0 aliphatic carbocycles. The molecular formula is C24H22N2O2. The molecule has 4 heteroatoms. The van der Waals surface area contributed by atoms with Crippen LogP contribution in [0.2, 0.25) is 0 Å².